The van der Waals surface area contributed by atoms with Gasteiger partial charge >= 0.3 is 0 Å². The summed E-state index contributed by atoms with van der Waals surface area (Å²) in [4.78, 5) is 28.4. The van der Waals surface area contributed by atoms with Crippen molar-refractivity contribution in [3.63, 3.8) is 0 Å². The van der Waals surface area contributed by atoms with Crippen molar-refractivity contribution in [2.24, 2.45) is 0 Å². The summed E-state index contributed by atoms with van der Waals surface area (Å²) in [5.74, 6) is -0.474. The predicted molar refractivity (Wildman–Crippen MR) is 120 cm³/mol. The Labute approximate surface area is 181 Å². The van der Waals surface area contributed by atoms with E-state index in [-0.39, 0.29) is 21.9 Å². The molecule has 1 unspecified atom stereocenters. The second-order valence-corrected chi connectivity index (χ2v) is 9.82. The number of nitrogens with zero attached hydrogens (tertiary/aromatic N) is 1. The van der Waals surface area contributed by atoms with Gasteiger partial charge in [-0.2, -0.15) is 4.31 Å². The van der Waals surface area contributed by atoms with E-state index in [1.807, 2.05) is 38.1 Å². The van der Waals surface area contributed by atoms with E-state index in [9.17, 15) is 18.0 Å². The Bertz CT molecular complexity index is 1310. The molecule has 7 nitrogen and oxygen atoms in total. The van der Waals surface area contributed by atoms with Gasteiger partial charge in [0.15, 0.2) is 0 Å². The summed E-state index contributed by atoms with van der Waals surface area (Å²) in [6.07, 6.45) is 2.75. The number of amides is 1. The van der Waals surface area contributed by atoms with Crippen LogP contribution in [0.25, 0.3) is 10.9 Å². The number of hydrogen-bond donors (Lipinski definition) is 2. The van der Waals surface area contributed by atoms with Crippen LogP contribution < -0.4 is 10.7 Å². The quantitative estimate of drug-likeness (QED) is 0.639. The van der Waals surface area contributed by atoms with E-state index in [0.717, 1.165) is 17.5 Å². The molecule has 31 heavy (non-hydrogen) atoms. The van der Waals surface area contributed by atoms with Crippen LogP contribution in [0.15, 0.2) is 58.4 Å². The number of sulfonamides is 1. The minimum Gasteiger partial charge on any atom is -0.360 e. The number of H-pyrrole nitrogens is 1. The van der Waals surface area contributed by atoms with Gasteiger partial charge in [-0.15, -0.1) is 0 Å². The smallest absolute Gasteiger partial charge is 0.256 e. The van der Waals surface area contributed by atoms with Crippen molar-refractivity contribution in [2.75, 3.05) is 6.54 Å². The average Bonchev–Trinajstić information content (AvgIpc) is 2.78. The topological polar surface area (TPSA) is 99.3 Å². The number of hydrogen-bond acceptors (Lipinski definition) is 4. The maximum atomic E-state index is 13.3. The molecule has 1 aliphatic rings. The second kappa shape index (κ2) is 8.28. The molecule has 2 N–H and O–H groups in total. The molecule has 2 heterocycles. The molecule has 0 saturated heterocycles. The fourth-order valence-corrected chi connectivity index (χ4v) is 5.20. The molecule has 0 spiro atoms. The van der Waals surface area contributed by atoms with Crippen LogP contribution in [0.3, 0.4) is 0 Å². The first-order valence-electron chi connectivity index (χ1n) is 10.3. The van der Waals surface area contributed by atoms with Gasteiger partial charge in [0.1, 0.15) is 5.56 Å². The van der Waals surface area contributed by atoms with Crippen molar-refractivity contribution < 1.29 is 13.2 Å². The number of fused-ring (bicyclic) bond motifs is 2. The zero-order valence-corrected chi connectivity index (χ0v) is 18.3. The van der Waals surface area contributed by atoms with Crippen LogP contribution in [0.1, 0.15) is 41.8 Å². The Morgan fingerprint density at radius 1 is 1.19 bits per heavy atom. The van der Waals surface area contributed by atoms with Crippen LogP contribution in [0, 0.1) is 0 Å². The summed E-state index contributed by atoms with van der Waals surface area (Å²) in [6.45, 7) is 4.47. The third kappa shape index (κ3) is 4.00. The van der Waals surface area contributed by atoms with E-state index in [0.29, 0.717) is 25.0 Å². The molecule has 162 valence electrons. The summed E-state index contributed by atoms with van der Waals surface area (Å²) >= 11 is 0. The summed E-state index contributed by atoms with van der Waals surface area (Å²) in [7, 11) is -3.79. The molecule has 4 rings (SSSR count). The van der Waals surface area contributed by atoms with Gasteiger partial charge < -0.3 is 10.3 Å². The van der Waals surface area contributed by atoms with Crippen molar-refractivity contribution >= 4 is 26.8 Å². The molecule has 2 aromatic carbocycles. The van der Waals surface area contributed by atoms with Gasteiger partial charge in [0.2, 0.25) is 15.5 Å². The Balaban J connectivity index is 1.71. The Hall–Kier alpha value is -2.97. The lowest BCUT2D eigenvalue weighted by Gasteiger charge is -2.28. The molecule has 8 heteroatoms. The van der Waals surface area contributed by atoms with Crippen molar-refractivity contribution in [1.82, 2.24) is 14.6 Å². The highest BCUT2D eigenvalue weighted by atomic mass is 32.2. The second-order valence-electron chi connectivity index (χ2n) is 7.88. The van der Waals surface area contributed by atoms with Gasteiger partial charge in [-0.1, -0.05) is 31.2 Å². The standard InChI is InChI=1S/C23H25N3O4S/c1-3-15(2)25-23(28)20-13-24-21-9-8-18(12-19(21)22(20)27)31(29,30)26-11-10-16-6-4-5-7-17(16)14-26/h4-9,12-13,15H,3,10-11,14H2,1-2H3,(H,24,27)(H,25,28). The zero-order valence-electron chi connectivity index (χ0n) is 17.5. The minimum atomic E-state index is -3.79. The van der Waals surface area contributed by atoms with Crippen LogP contribution in [0.2, 0.25) is 0 Å². The average molecular weight is 440 g/mol. The highest BCUT2D eigenvalue weighted by Crippen LogP contribution is 2.26. The van der Waals surface area contributed by atoms with Crippen LogP contribution >= 0.6 is 0 Å². The fraction of sp³-hybridized carbons (Fsp3) is 0.304. The summed E-state index contributed by atoms with van der Waals surface area (Å²) in [6, 6.07) is 12.2. The number of rotatable bonds is 5. The molecule has 3 aromatic rings. The predicted octanol–water partition coefficient (Wildman–Crippen LogP) is 2.80. The van der Waals surface area contributed by atoms with Crippen molar-refractivity contribution in [3.05, 3.63) is 75.6 Å². The van der Waals surface area contributed by atoms with Crippen molar-refractivity contribution in [1.29, 1.82) is 0 Å². The number of aromatic amines is 1. The highest BCUT2D eigenvalue weighted by Gasteiger charge is 2.28. The van der Waals surface area contributed by atoms with E-state index in [1.165, 1.54) is 22.6 Å². The van der Waals surface area contributed by atoms with Gasteiger partial charge in [-0.05, 0) is 49.1 Å². The molecule has 1 amide bonds. The van der Waals surface area contributed by atoms with Gasteiger partial charge in [0.25, 0.3) is 5.91 Å². The molecular formula is C23H25N3O4S. The molecular weight excluding hydrogens is 414 g/mol. The van der Waals surface area contributed by atoms with E-state index < -0.39 is 21.4 Å². The van der Waals surface area contributed by atoms with Crippen molar-refractivity contribution in [3.8, 4) is 0 Å². The van der Waals surface area contributed by atoms with Crippen LogP contribution in [-0.4, -0.2) is 36.2 Å². The van der Waals surface area contributed by atoms with Crippen LogP contribution in [-0.2, 0) is 23.0 Å². The normalized spacial score (nSPS) is 15.4. The number of carbonyl (C=O) groups excluding carboxylic acids is 1. The van der Waals surface area contributed by atoms with E-state index in [2.05, 4.69) is 10.3 Å². The summed E-state index contributed by atoms with van der Waals surface area (Å²) < 4.78 is 28.0. The summed E-state index contributed by atoms with van der Waals surface area (Å²) in [5, 5.41) is 2.95. The van der Waals surface area contributed by atoms with Gasteiger partial charge in [-0.3, -0.25) is 9.59 Å². The third-order valence-corrected chi connectivity index (χ3v) is 7.66. The molecule has 0 radical (unpaired) electrons. The largest absolute Gasteiger partial charge is 0.360 e. The lowest BCUT2D eigenvalue weighted by atomic mass is 10.0. The first-order chi connectivity index (χ1) is 14.8. The number of nitrogens with one attached hydrogen (secondary N) is 2. The number of aromatic nitrogens is 1. The van der Waals surface area contributed by atoms with Gasteiger partial charge in [-0.25, -0.2) is 8.42 Å². The first-order valence-corrected chi connectivity index (χ1v) is 11.8. The van der Waals surface area contributed by atoms with E-state index in [1.54, 1.807) is 6.07 Å². The Morgan fingerprint density at radius 3 is 2.68 bits per heavy atom. The van der Waals surface area contributed by atoms with Gasteiger partial charge in [0.05, 0.1) is 4.90 Å². The van der Waals surface area contributed by atoms with E-state index in [4.69, 9.17) is 0 Å². The number of benzene rings is 2. The van der Waals surface area contributed by atoms with Crippen LogP contribution in [0.5, 0.6) is 0 Å². The monoisotopic (exact) mass is 439 g/mol. The lowest BCUT2D eigenvalue weighted by Crippen LogP contribution is -2.36. The van der Waals surface area contributed by atoms with Crippen LogP contribution in [0.4, 0.5) is 0 Å². The zero-order chi connectivity index (χ0) is 22.2. The summed E-state index contributed by atoms with van der Waals surface area (Å²) in [5.41, 5.74) is 2.10. The fourth-order valence-electron chi connectivity index (χ4n) is 3.75. The highest BCUT2D eigenvalue weighted by molar-refractivity contribution is 7.89. The SMILES string of the molecule is CCC(C)NC(=O)c1c[nH]c2ccc(S(=O)(=O)N3CCc4ccccc4C3)cc2c1=O. The molecule has 1 atom stereocenters. The van der Waals surface area contributed by atoms with Crippen molar-refractivity contribution in [2.45, 2.75) is 44.2 Å². The third-order valence-electron chi connectivity index (χ3n) is 5.82. The maximum Gasteiger partial charge on any atom is 0.256 e. The van der Waals surface area contributed by atoms with Gasteiger partial charge in [0, 0.05) is 36.2 Å². The minimum absolute atomic E-state index is 0.0331. The molecule has 1 aromatic heterocycles. The first kappa shape index (κ1) is 21.3. The number of pyridine rings is 1. The lowest BCUT2D eigenvalue weighted by molar-refractivity contribution is 0.0938. The van der Waals surface area contributed by atoms with E-state index >= 15 is 0 Å². The molecule has 1 aliphatic heterocycles. The molecule has 0 bridgehead atoms. The maximum absolute atomic E-state index is 13.3. The Morgan fingerprint density at radius 2 is 1.94 bits per heavy atom. The molecule has 0 aliphatic carbocycles. The molecule has 0 saturated carbocycles. The Kier molecular flexibility index (Phi) is 5.68. The molecule has 0 fully saturated rings. The number of carbonyl (C=O) groups is 1.